The molecule has 130 valence electrons. The number of hydrogen-bond acceptors (Lipinski definition) is 10. The molecule has 0 atom stereocenters. The Labute approximate surface area is 159 Å². The Morgan fingerprint density at radius 2 is 2.20 bits per heavy atom. The summed E-state index contributed by atoms with van der Waals surface area (Å²) in [5.41, 5.74) is 0.337. The molecule has 0 aromatic carbocycles. The second kappa shape index (κ2) is 8.52. The van der Waals surface area contributed by atoms with Crippen molar-refractivity contribution in [3.8, 4) is 9.88 Å². The van der Waals surface area contributed by atoms with Crippen LogP contribution < -0.4 is 5.32 Å². The summed E-state index contributed by atoms with van der Waals surface area (Å²) in [4.78, 5) is 28.9. The van der Waals surface area contributed by atoms with Crippen LogP contribution in [-0.2, 0) is 9.53 Å². The van der Waals surface area contributed by atoms with Crippen molar-refractivity contribution in [2.45, 2.75) is 11.3 Å². The number of ether oxygens (including phenoxy) is 1. The topological polar surface area (TPSA) is 94.1 Å². The Kier molecular flexibility index (Phi) is 6.13. The highest BCUT2D eigenvalue weighted by atomic mass is 32.2. The molecular weight excluding hydrogens is 400 g/mol. The zero-order chi connectivity index (χ0) is 17.6. The van der Waals surface area contributed by atoms with E-state index in [4.69, 9.17) is 4.74 Å². The number of amides is 1. The van der Waals surface area contributed by atoms with Crippen LogP contribution in [0, 0.1) is 0 Å². The molecule has 11 heteroatoms. The molecule has 0 radical (unpaired) electrons. The Hall–Kier alpha value is -1.82. The van der Waals surface area contributed by atoms with Crippen LogP contribution in [0.4, 0.5) is 5.13 Å². The van der Waals surface area contributed by atoms with Crippen molar-refractivity contribution in [3.63, 3.8) is 0 Å². The molecule has 7 nitrogen and oxygen atoms in total. The highest BCUT2D eigenvalue weighted by Crippen LogP contribution is 2.29. The lowest BCUT2D eigenvalue weighted by atomic mass is 10.4. The fourth-order valence-electron chi connectivity index (χ4n) is 1.69. The van der Waals surface area contributed by atoms with Gasteiger partial charge in [-0.3, -0.25) is 14.9 Å². The zero-order valence-corrected chi connectivity index (χ0v) is 16.2. The van der Waals surface area contributed by atoms with Crippen LogP contribution in [-0.4, -0.2) is 39.4 Å². The smallest absolute Gasteiger partial charge is 0.316 e. The lowest BCUT2D eigenvalue weighted by Gasteiger charge is -1.98. The maximum absolute atomic E-state index is 12.3. The van der Waals surface area contributed by atoms with Gasteiger partial charge < -0.3 is 4.74 Å². The third-order valence-electron chi connectivity index (χ3n) is 2.71. The van der Waals surface area contributed by atoms with Gasteiger partial charge in [0, 0.05) is 5.38 Å². The van der Waals surface area contributed by atoms with Crippen molar-refractivity contribution in [3.05, 3.63) is 28.6 Å². The van der Waals surface area contributed by atoms with Crippen molar-refractivity contribution in [2.75, 3.05) is 17.7 Å². The molecule has 3 aromatic heterocycles. The number of nitrogens with zero attached hydrogens (tertiary/aromatic N) is 3. The predicted octanol–water partition coefficient (Wildman–Crippen LogP) is 3.63. The van der Waals surface area contributed by atoms with E-state index in [1.165, 1.54) is 34.4 Å². The third-order valence-corrected chi connectivity index (χ3v) is 6.54. The summed E-state index contributed by atoms with van der Waals surface area (Å²) < 4.78 is 5.43. The number of carbonyl (C=O) groups excluding carboxylic acids is 2. The minimum absolute atomic E-state index is 0.159. The molecular formula is C14H12N4O3S4. The summed E-state index contributed by atoms with van der Waals surface area (Å²) in [7, 11) is 0. The average molecular weight is 413 g/mol. The van der Waals surface area contributed by atoms with Gasteiger partial charge in [0.1, 0.15) is 10.7 Å². The summed E-state index contributed by atoms with van der Waals surface area (Å²) in [6, 6.07) is 3.90. The van der Waals surface area contributed by atoms with Crippen molar-refractivity contribution in [2.24, 2.45) is 0 Å². The average Bonchev–Trinajstić information content (AvgIpc) is 3.33. The number of aromatic nitrogens is 3. The van der Waals surface area contributed by atoms with E-state index in [0.29, 0.717) is 21.8 Å². The number of nitrogens with one attached hydrogen (secondary N) is 1. The zero-order valence-electron chi connectivity index (χ0n) is 12.9. The number of thiophene rings is 1. The number of carbonyl (C=O) groups is 2. The van der Waals surface area contributed by atoms with Gasteiger partial charge in [0.15, 0.2) is 4.34 Å². The number of thiazole rings is 1. The molecule has 0 spiro atoms. The van der Waals surface area contributed by atoms with Gasteiger partial charge in [0.2, 0.25) is 5.13 Å². The number of rotatable bonds is 7. The van der Waals surface area contributed by atoms with Crippen molar-refractivity contribution in [1.82, 2.24) is 15.2 Å². The van der Waals surface area contributed by atoms with E-state index in [9.17, 15) is 9.59 Å². The van der Waals surface area contributed by atoms with E-state index >= 15 is 0 Å². The van der Waals surface area contributed by atoms with Crippen LogP contribution in [0.2, 0.25) is 0 Å². The SMILES string of the molecule is CCOC(=O)CSc1nnc(NC(=O)c2csc(-c3cccs3)n2)s1. The Morgan fingerprint density at radius 3 is 2.96 bits per heavy atom. The molecule has 0 aliphatic heterocycles. The Bertz CT molecular complexity index is 859. The van der Waals surface area contributed by atoms with Crippen molar-refractivity contribution >= 4 is 62.8 Å². The molecule has 1 N–H and O–H groups in total. The van der Waals surface area contributed by atoms with Crippen LogP contribution >= 0.6 is 45.8 Å². The Balaban J connectivity index is 1.57. The molecule has 0 aliphatic rings. The fraction of sp³-hybridized carbons (Fsp3) is 0.214. The van der Waals surface area contributed by atoms with Gasteiger partial charge in [-0.05, 0) is 18.4 Å². The summed E-state index contributed by atoms with van der Waals surface area (Å²) in [5, 5.41) is 15.4. The molecule has 0 saturated carbocycles. The van der Waals surface area contributed by atoms with Gasteiger partial charge in [0.25, 0.3) is 5.91 Å². The highest BCUT2D eigenvalue weighted by molar-refractivity contribution is 8.01. The van der Waals surface area contributed by atoms with E-state index in [0.717, 1.165) is 9.88 Å². The molecule has 3 rings (SSSR count). The molecule has 1 amide bonds. The first-order valence-electron chi connectivity index (χ1n) is 7.08. The lowest BCUT2D eigenvalue weighted by Crippen LogP contribution is -2.12. The van der Waals surface area contributed by atoms with Gasteiger partial charge in [0.05, 0.1) is 17.2 Å². The number of esters is 1. The van der Waals surface area contributed by atoms with Crippen LogP contribution in [0.1, 0.15) is 17.4 Å². The lowest BCUT2D eigenvalue weighted by molar-refractivity contribution is -0.139. The van der Waals surface area contributed by atoms with Crippen LogP contribution in [0.25, 0.3) is 9.88 Å². The highest BCUT2D eigenvalue weighted by Gasteiger charge is 2.15. The van der Waals surface area contributed by atoms with Crippen LogP contribution in [0.5, 0.6) is 0 Å². The minimum atomic E-state index is -0.336. The van der Waals surface area contributed by atoms with Gasteiger partial charge in [-0.1, -0.05) is 29.2 Å². The number of anilines is 1. The fourth-order valence-corrected chi connectivity index (χ4v) is 4.85. The maximum Gasteiger partial charge on any atom is 0.316 e. The molecule has 0 fully saturated rings. The maximum atomic E-state index is 12.3. The van der Waals surface area contributed by atoms with Gasteiger partial charge >= 0.3 is 5.97 Å². The second-order valence-corrected chi connectivity index (χ2v) is 8.44. The first-order chi connectivity index (χ1) is 12.2. The van der Waals surface area contributed by atoms with Crippen LogP contribution in [0.15, 0.2) is 27.2 Å². The summed E-state index contributed by atoms with van der Waals surface area (Å²) >= 11 is 5.41. The van der Waals surface area contributed by atoms with Gasteiger partial charge in [-0.2, -0.15) is 0 Å². The first-order valence-corrected chi connectivity index (χ1v) is 10.6. The van der Waals surface area contributed by atoms with Gasteiger partial charge in [-0.15, -0.1) is 32.9 Å². The van der Waals surface area contributed by atoms with E-state index in [1.807, 2.05) is 17.5 Å². The second-order valence-electron chi connectivity index (χ2n) is 4.44. The Morgan fingerprint density at radius 1 is 1.32 bits per heavy atom. The number of thioether (sulfide) groups is 1. The van der Waals surface area contributed by atoms with Crippen LogP contribution in [0.3, 0.4) is 0 Å². The van der Waals surface area contributed by atoms with E-state index in [1.54, 1.807) is 23.6 Å². The largest absolute Gasteiger partial charge is 0.465 e. The minimum Gasteiger partial charge on any atom is -0.465 e. The summed E-state index contributed by atoms with van der Waals surface area (Å²) in [6.07, 6.45) is 0. The van der Waals surface area contributed by atoms with E-state index in [2.05, 4.69) is 20.5 Å². The normalized spacial score (nSPS) is 10.6. The standard InChI is InChI=1S/C14H12N4O3S4/c1-2-21-10(19)7-24-14-18-17-13(25-14)16-11(20)8-6-23-12(15-8)9-4-3-5-22-9/h3-6H,2,7H2,1H3,(H,16,17,20). The first kappa shape index (κ1) is 18.0. The van der Waals surface area contributed by atoms with Crippen molar-refractivity contribution in [1.29, 1.82) is 0 Å². The molecule has 0 unspecified atom stereocenters. The third kappa shape index (κ3) is 4.84. The molecule has 25 heavy (non-hydrogen) atoms. The van der Waals surface area contributed by atoms with Crippen molar-refractivity contribution < 1.29 is 14.3 Å². The van der Waals surface area contributed by atoms with E-state index in [-0.39, 0.29) is 17.6 Å². The number of hydrogen-bond donors (Lipinski definition) is 1. The predicted molar refractivity (Wildman–Crippen MR) is 101 cm³/mol. The quantitative estimate of drug-likeness (QED) is 0.360. The summed E-state index contributed by atoms with van der Waals surface area (Å²) in [5.74, 6) is -0.485. The molecule has 0 bridgehead atoms. The van der Waals surface area contributed by atoms with Gasteiger partial charge in [-0.25, -0.2) is 4.98 Å². The summed E-state index contributed by atoms with van der Waals surface area (Å²) in [6.45, 7) is 2.10. The monoisotopic (exact) mass is 412 g/mol. The molecule has 3 heterocycles. The van der Waals surface area contributed by atoms with E-state index < -0.39 is 0 Å². The molecule has 0 aliphatic carbocycles. The molecule has 0 saturated heterocycles. The molecule has 3 aromatic rings.